The fraction of sp³-hybridized carbons (Fsp3) is 0.429. The van der Waals surface area contributed by atoms with Crippen LogP contribution in [0.5, 0.6) is 0 Å². The van der Waals surface area contributed by atoms with Gasteiger partial charge in [0.15, 0.2) is 0 Å². The van der Waals surface area contributed by atoms with Gasteiger partial charge in [0, 0.05) is 11.8 Å². The third kappa shape index (κ3) is 1.58. The molecule has 2 aliphatic heterocycles. The van der Waals surface area contributed by atoms with Gasteiger partial charge in [-0.1, -0.05) is 22.3 Å². The van der Waals surface area contributed by atoms with E-state index in [1.165, 1.54) is 0 Å². The minimum Gasteiger partial charge on any atom is -0.274 e. The Kier molecular flexibility index (Phi) is 2.67. The highest BCUT2D eigenvalue weighted by molar-refractivity contribution is 6.25. The smallest absolute Gasteiger partial charge is 0.274 e. The minimum absolute atomic E-state index is 0.139. The van der Waals surface area contributed by atoms with E-state index in [0.29, 0.717) is 0 Å². The molecule has 0 radical (unpaired) electrons. The molecule has 2 bridgehead atoms. The molecule has 4 atom stereocenters. The van der Waals surface area contributed by atoms with Crippen LogP contribution in [0.3, 0.4) is 0 Å². The zero-order valence-corrected chi connectivity index (χ0v) is 13.8. The average Bonchev–Trinajstić information content (AvgIpc) is 3.46. The highest BCUT2D eigenvalue weighted by atomic mass is 16.2. The molecule has 1 saturated carbocycles. The Morgan fingerprint density at radius 1 is 0.643 bits per heavy atom. The van der Waals surface area contributed by atoms with E-state index in [4.69, 9.17) is 0 Å². The highest BCUT2D eigenvalue weighted by Crippen LogP contribution is 2.58. The summed E-state index contributed by atoms with van der Waals surface area (Å²) in [6.45, 7) is 0. The Bertz CT molecular complexity index is 934. The minimum atomic E-state index is -0.760. The molecule has 5 aliphatic rings. The molecule has 28 heavy (non-hydrogen) atoms. The number of imide groups is 2. The van der Waals surface area contributed by atoms with Crippen LogP contribution in [0.4, 0.5) is 11.9 Å². The molecule has 2 aromatic heterocycles. The molecule has 2 N–H and O–H groups in total. The molecule has 0 aromatic carbocycles. The summed E-state index contributed by atoms with van der Waals surface area (Å²) in [6, 6.07) is 0. The number of H-pyrrole nitrogens is 2. The molecule has 4 unspecified atom stereocenters. The largest absolute Gasteiger partial charge is 0.279 e. The number of hydrogen-bond acceptors (Lipinski definition) is 10. The second kappa shape index (κ2) is 4.90. The summed E-state index contributed by atoms with van der Waals surface area (Å²) in [6.07, 6.45) is 3.51. The second-order valence-electron chi connectivity index (χ2n) is 7.09. The number of nitrogens with one attached hydrogen (secondary N) is 2. The van der Waals surface area contributed by atoms with Gasteiger partial charge in [-0.2, -0.15) is 10.4 Å². The molecular formula is C14H10N10O4. The molecule has 0 spiro atoms. The van der Waals surface area contributed by atoms with Crippen LogP contribution < -0.4 is 9.80 Å². The average molecular weight is 382 g/mol. The first-order valence-electron chi connectivity index (χ1n) is 8.50. The molecule has 4 amide bonds. The van der Waals surface area contributed by atoms with E-state index in [1.807, 2.05) is 0 Å². The van der Waals surface area contributed by atoms with E-state index in [1.54, 1.807) is 12.2 Å². The summed E-state index contributed by atoms with van der Waals surface area (Å²) in [5.41, 5.74) is 0. The summed E-state index contributed by atoms with van der Waals surface area (Å²) in [7, 11) is 0. The van der Waals surface area contributed by atoms with Crippen molar-refractivity contribution in [1.29, 1.82) is 0 Å². The van der Waals surface area contributed by atoms with Crippen LogP contribution in [-0.2, 0) is 19.2 Å². The number of hydrogen-bond donors (Lipinski definition) is 2. The maximum absolute atomic E-state index is 13.0. The summed E-state index contributed by atoms with van der Waals surface area (Å²) in [5.74, 6) is -6.48. The molecule has 14 heteroatoms. The quantitative estimate of drug-likeness (QED) is 0.413. The Hall–Kier alpha value is -3.84. The van der Waals surface area contributed by atoms with Crippen LogP contribution in [0.2, 0.25) is 0 Å². The molecule has 2 aromatic rings. The maximum atomic E-state index is 13.0. The lowest BCUT2D eigenvalue weighted by Crippen LogP contribution is -2.50. The number of carbonyl (C=O) groups is 4. The van der Waals surface area contributed by atoms with E-state index in [9.17, 15) is 19.2 Å². The Morgan fingerprint density at radius 3 is 1.29 bits per heavy atom. The summed E-state index contributed by atoms with van der Waals surface area (Å²) in [5, 5.41) is 26.1. The first-order valence-corrected chi connectivity index (χ1v) is 8.50. The maximum Gasteiger partial charge on any atom is 0.279 e. The van der Waals surface area contributed by atoms with E-state index in [0.717, 1.165) is 9.80 Å². The molecular weight excluding hydrogens is 372 g/mol. The molecule has 4 heterocycles. The number of tetrazole rings is 2. The molecule has 14 nitrogen and oxygen atoms in total. The first-order chi connectivity index (χ1) is 13.6. The molecule has 3 aliphatic carbocycles. The van der Waals surface area contributed by atoms with Crippen molar-refractivity contribution in [2.24, 2.45) is 35.5 Å². The number of aromatic nitrogens is 8. The summed E-state index contributed by atoms with van der Waals surface area (Å²) >= 11 is 0. The predicted octanol–water partition coefficient (Wildman–Crippen LogP) is -2.56. The van der Waals surface area contributed by atoms with Gasteiger partial charge < -0.3 is 0 Å². The first kappa shape index (κ1) is 15.2. The van der Waals surface area contributed by atoms with Crippen molar-refractivity contribution in [1.82, 2.24) is 41.2 Å². The second-order valence-corrected chi connectivity index (χ2v) is 7.09. The third-order valence-electron chi connectivity index (χ3n) is 6.08. The standard InChI is InChI=1S/C14H10N10O4/c25-9-5-3-1-2-4(7(5)11(27)23(9)13-15-19-20-16-13)8-6(3)10(26)24(12(8)28)14-17-21-22-18-14/h1-8H,(H,15,16,19,20)(H,17,18,21,22). The van der Waals surface area contributed by atoms with Gasteiger partial charge in [-0.3, -0.25) is 19.2 Å². The predicted molar refractivity (Wildman–Crippen MR) is 83.4 cm³/mol. The third-order valence-corrected chi connectivity index (χ3v) is 6.08. The van der Waals surface area contributed by atoms with Crippen molar-refractivity contribution in [3.8, 4) is 0 Å². The van der Waals surface area contributed by atoms with Gasteiger partial charge in [-0.25, -0.2) is 9.80 Å². The van der Waals surface area contributed by atoms with Crippen molar-refractivity contribution in [3.05, 3.63) is 12.2 Å². The Morgan fingerprint density at radius 2 is 1.00 bits per heavy atom. The van der Waals surface area contributed by atoms with Crippen LogP contribution in [0.15, 0.2) is 12.2 Å². The van der Waals surface area contributed by atoms with E-state index in [2.05, 4.69) is 41.2 Å². The number of carbonyl (C=O) groups excluding carboxylic acids is 4. The normalized spacial score (nSPS) is 35.9. The van der Waals surface area contributed by atoms with Gasteiger partial charge in [0.25, 0.3) is 11.9 Å². The van der Waals surface area contributed by atoms with E-state index in [-0.39, 0.29) is 11.9 Å². The summed E-state index contributed by atoms with van der Waals surface area (Å²) in [4.78, 5) is 53.9. The fourth-order valence-electron chi connectivity index (χ4n) is 5.12. The lowest BCUT2D eigenvalue weighted by Gasteiger charge is -2.44. The van der Waals surface area contributed by atoms with Crippen LogP contribution in [0.25, 0.3) is 0 Å². The number of anilines is 2. The monoisotopic (exact) mass is 382 g/mol. The fourth-order valence-corrected chi connectivity index (χ4v) is 5.12. The molecule has 7 rings (SSSR count). The molecule has 140 valence electrons. The highest BCUT2D eigenvalue weighted by Gasteiger charge is 2.69. The Balaban J connectivity index is 1.44. The van der Waals surface area contributed by atoms with Crippen LogP contribution in [0, 0.1) is 35.5 Å². The van der Waals surface area contributed by atoms with Crippen LogP contribution >= 0.6 is 0 Å². The summed E-state index contributed by atoms with van der Waals surface area (Å²) < 4.78 is 0. The zero-order chi connectivity index (χ0) is 19.2. The topological polar surface area (TPSA) is 184 Å². The van der Waals surface area contributed by atoms with Crippen molar-refractivity contribution >= 4 is 35.5 Å². The number of amides is 4. The Labute approximate surface area is 154 Å². The number of rotatable bonds is 2. The van der Waals surface area contributed by atoms with Crippen molar-refractivity contribution in [2.75, 3.05) is 9.80 Å². The molecule has 3 fully saturated rings. The van der Waals surface area contributed by atoms with Crippen LogP contribution in [0.1, 0.15) is 0 Å². The number of allylic oxidation sites excluding steroid dienone is 2. The van der Waals surface area contributed by atoms with Crippen molar-refractivity contribution in [2.45, 2.75) is 0 Å². The van der Waals surface area contributed by atoms with E-state index >= 15 is 0 Å². The lowest BCUT2D eigenvalue weighted by molar-refractivity contribution is -0.137. The van der Waals surface area contributed by atoms with Gasteiger partial charge in [-0.15, -0.1) is 10.2 Å². The van der Waals surface area contributed by atoms with Crippen LogP contribution in [-0.4, -0.2) is 64.9 Å². The van der Waals surface area contributed by atoms with Gasteiger partial charge in [0.05, 0.1) is 23.7 Å². The van der Waals surface area contributed by atoms with Gasteiger partial charge in [0.2, 0.25) is 23.6 Å². The molecule has 2 saturated heterocycles. The van der Waals surface area contributed by atoms with E-state index < -0.39 is 59.1 Å². The SMILES string of the molecule is O=C1C2C3C=CC(C2C(=O)N1c1nn[nH]n1)C1C(=O)N(c2nn[nH]n2)C(=O)C31. The van der Waals surface area contributed by atoms with Crippen molar-refractivity contribution in [3.63, 3.8) is 0 Å². The van der Waals surface area contributed by atoms with Gasteiger partial charge in [-0.05, 0) is 10.4 Å². The number of aromatic amines is 2. The van der Waals surface area contributed by atoms with Gasteiger partial charge in [0.1, 0.15) is 0 Å². The number of nitrogens with zero attached hydrogens (tertiary/aromatic N) is 8. The van der Waals surface area contributed by atoms with Gasteiger partial charge >= 0.3 is 0 Å². The van der Waals surface area contributed by atoms with Crippen molar-refractivity contribution < 1.29 is 19.2 Å². The lowest BCUT2D eigenvalue weighted by atomic mass is 9.54. The zero-order valence-electron chi connectivity index (χ0n) is 13.8.